The van der Waals surface area contributed by atoms with Gasteiger partial charge >= 0.3 is 0 Å². The highest BCUT2D eigenvalue weighted by Crippen LogP contribution is 2.25. The van der Waals surface area contributed by atoms with Crippen LogP contribution in [0.15, 0.2) is 83.7 Å². The number of H-pyrrole nitrogens is 1. The molecule has 2 aromatic heterocycles. The Morgan fingerprint density at radius 3 is 2.66 bits per heavy atom. The third kappa shape index (κ3) is 5.82. The van der Waals surface area contributed by atoms with Gasteiger partial charge in [-0.05, 0) is 49.9 Å². The highest BCUT2D eigenvalue weighted by Gasteiger charge is 2.22. The van der Waals surface area contributed by atoms with E-state index in [1.54, 1.807) is 18.5 Å². The number of fused-ring (bicyclic) bond motifs is 1. The molecule has 1 atom stereocenters. The average molecular weight is 549 g/mol. The maximum absolute atomic E-state index is 13.1. The third-order valence-electron chi connectivity index (χ3n) is 7.44. The molecule has 2 aromatic carbocycles. The zero-order chi connectivity index (χ0) is 28.3. The van der Waals surface area contributed by atoms with Crippen molar-refractivity contribution in [3.63, 3.8) is 0 Å². The summed E-state index contributed by atoms with van der Waals surface area (Å²) in [6.45, 7) is 5.86. The summed E-state index contributed by atoms with van der Waals surface area (Å²) in [5.74, 6) is -0.0947. The molecular formula is C31H32N8O2. The third-order valence-corrected chi connectivity index (χ3v) is 7.44. The molecule has 208 valence electrons. The molecule has 0 bridgehead atoms. The van der Waals surface area contributed by atoms with Crippen LogP contribution in [-0.4, -0.2) is 65.9 Å². The summed E-state index contributed by atoms with van der Waals surface area (Å²) >= 11 is 0. The van der Waals surface area contributed by atoms with Crippen molar-refractivity contribution < 1.29 is 9.59 Å². The molecule has 1 fully saturated rings. The Kier molecular flexibility index (Phi) is 7.22. The van der Waals surface area contributed by atoms with E-state index < -0.39 is 0 Å². The van der Waals surface area contributed by atoms with Crippen molar-refractivity contribution in [2.24, 2.45) is 4.99 Å². The number of nitrogens with zero attached hydrogens (tertiary/aromatic N) is 4. The van der Waals surface area contributed by atoms with Gasteiger partial charge in [0.1, 0.15) is 11.3 Å². The fourth-order valence-corrected chi connectivity index (χ4v) is 5.04. The monoisotopic (exact) mass is 548 g/mol. The van der Waals surface area contributed by atoms with Crippen LogP contribution >= 0.6 is 0 Å². The van der Waals surface area contributed by atoms with Crippen LogP contribution in [0.25, 0.3) is 17.1 Å². The first-order valence-corrected chi connectivity index (χ1v) is 13.7. The number of carbonyl (C=O) groups is 2. The van der Waals surface area contributed by atoms with Gasteiger partial charge in [-0.15, -0.1) is 0 Å². The molecule has 10 nitrogen and oxygen atoms in total. The molecule has 6 rings (SSSR count). The maximum Gasteiger partial charge on any atom is 0.276 e. The van der Waals surface area contributed by atoms with Crippen LogP contribution in [0.3, 0.4) is 0 Å². The summed E-state index contributed by atoms with van der Waals surface area (Å²) < 4.78 is 0. The van der Waals surface area contributed by atoms with Gasteiger partial charge in [0.25, 0.3) is 11.8 Å². The molecule has 0 aliphatic carbocycles. The Bertz CT molecular complexity index is 1650. The predicted molar refractivity (Wildman–Crippen MR) is 162 cm³/mol. The zero-order valence-electron chi connectivity index (χ0n) is 23.0. The second-order valence-electron chi connectivity index (χ2n) is 10.4. The molecule has 10 heteroatoms. The molecule has 0 radical (unpaired) electrons. The summed E-state index contributed by atoms with van der Waals surface area (Å²) in [5, 5.41) is 9.78. The van der Waals surface area contributed by atoms with Crippen molar-refractivity contribution >= 4 is 46.3 Å². The van der Waals surface area contributed by atoms with Gasteiger partial charge in [-0.2, -0.15) is 0 Å². The molecule has 0 spiro atoms. The molecule has 2 amide bonds. The zero-order valence-corrected chi connectivity index (χ0v) is 23.0. The van der Waals surface area contributed by atoms with E-state index in [0.717, 1.165) is 48.4 Å². The summed E-state index contributed by atoms with van der Waals surface area (Å²) in [5.41, 5.74) is 4.94. The molecule has 4 aromatic rings. The van der Waals surface area contributed by atoms with Crippen LogP contribution in [0.4, 0.5) is 11.4 Å². The molecular weight excluding hydrogens is 516 g/mol. The van der Waals surface area contributed by atoms with Crippen molar-refractivity contribution in [1.29, 1.82) is 0 Å². The van der Waals surface area contributed by atoms with Crippen molar-refractivity contribution in [2.75, 3.05) is 43.4 Å². The number of hydrogen-bond donors (Lipinski definition) is 4. The van der Waals surface area contributed by atoms with Crippen LogP contribution in [0.1, 0.15) is 34.5 Å². The number of benzene rings is 2. The Hall–Kier alpha value is -4.96. The highest BCUT2D eigenvalue weighted by atomic mass is 16.2. The second-order valence-corrected chi connectivity index (χ2v) is 10.4. The number of likely N-dealkylation sites (N-methyl/N-ethyl adjacent to an activating group) is 1. The lowest BCUT2D eigenvalue weighted by molar-refractivity contribution is -0.115. The molecule has 2 aliphatic heterocycles. The number of carbonyl (C=O) groups excluding carboxylic acids is 2. The Morgan fingerprint density at radius 1 is 1.05 bits per heavy atom. The summed E-state index contributed by atoms with van der Waals surface area (Å²) in [7, 11) is 2.12. The average Bonchev–Trinajstić information content (AvgIpc) is 3.55. The smallest absolute Gasteiger partial charge is 0.276 e. The molecule has 1 unspecified atom stereocenters. The SMILES string of the molecule is CC(NC1=N/C(=C/c2c[nH]c3ncc(NC(=O)c4cccc(N5CCN(C)CC5)c4)cc23)C(=O)N1)c1ccccc1. The van der Waals surface area contributed by atoms with Gasteiger partial charge in [-0.3, -0.25) is 14.9 Å². The van der Waals surface area contributed by atoms with Crippen molar-refractivity contribution in [3.05, 3.63) is 95.4 Å². The Balaban J connectivity index is 1.18. The lowest BCUT2D eigenvalue weighted by Gasteiger charge is -2.34. The van der Waals surface area contributed by atoms with E-state index in [1.807, 2.05) is 67.6 Å². The molecule has 4 N–H and O–H groups in total. The topological polar surface area (TPSA) is 118 Å². The number of guanidine groups is 1. The highest BCUT2D eigenvalue weighted by molar-refractivity contribution is 6.14. The van der Waals surface area contributed by atoms with E-state index in [9.17, 15) is 9.59 Å². The standard InChI is InChI=1S/C31H32N8O2/c1-20(21-7-4-3-5-8-21)34-31-36-27(30(41)37-31)16-23-18-32-28-26(23)17-24(19-33-28)35-29(40)22-9-6-10-25(15-22)39-13-11-38(2)12-14-39/h3-10,15-20H,11-14H2,1-2H3,(H,32,33)(H,35,40)(H2,34,36,37,41)/b27-16+. The van der Waals surface area contributed by atoms with Crippen molar-refractivity contribution in [1.82, 2.24) is 25.5 Å². The number of aromatic amines is 1. The lowest BCUT2D eigenvalue weighted by atomic mass is 10.1. The molecule has 2 aliphatic rings. The van der Waals surface area contributed by atoms with Crippen molar-refractivity contribution in [2.45, 2.75) is 13.0 Å². The fraction of sp³-hybridized carbons (Fsp3) is 0.226. The quantitative estimate of drug-likeness (QED) is 0.273. The van der Waals surface area contributed by atoms with Crippen LogP contribution in [-0.2, 0) is 4.79 Å². The predicted octanol–water partition coefficient (Wildman–Crippen LogP) is 3.74. The first kappa shape index (κ1) is 26.3. The van der Waals surface area contributed by atoms with Gasteiger partial charge in [0, 0.05) is 54.6 Å². The second kappa shape index (κ2) is 11.3. The van der Waals surface area contributed by atoms with Crippen LogP contribution in [0.5, 0.6) is 0 Å². The number of aliphatic imine (C=N–C) groups is 1. The van der Waals surface area contributed by atoms with E-state index in [-0.39, 0.29) is 23.6 Å². The van der Waals surface area contributed by atoms with Gasteiger partial charge in [0.05, 0.1) is 17.9 Å². The van der Waals surface area contributed by atoms with Crippen LogP contribution < -0.4 is 20.9 Å². The van der Waals surface area contributed by atoms with E-state index in [0.29, 0.717) is 22.9 Å². The molecule has 0 saturated carbocycles. The molecule has 4 heterocycles. The van der Waals surface area contributed by atoms with Gasteiger partial charge in [0.15, 0.2) is 0 Å². The van der Waals surface area contributed by atoms with Crippen LogP contribution in [0.2, 0.25) is 0 Å². The summed E-state index contributed by atoms with van der Waals surface area (Å²) in [6.07, 6.45) is 5.10. The normalized spacial score (nSPS) is 17.4. The number of nitrogens with one attached hydrogen (secondary N) is 4. The number of amides is 2. The van der Waals surface area contributed by atoms with Crippen LogP contribution in [0, 0.1) is 0 Å². The van der Waals surface area contributed by atoms with Crippen molar-refractivity contribution in [3.8, 4) is 0 Å². The fourth-order valence-electron chi connectivity index (χ4n) is 5.04. The maximum atomic E-state index is 13.1. The molecule has 41 heavy (non-hydrogen) atoms. The van der Waals surface area contributed by atoms with E-state index >= 15 is 0 Å². The number of hydrogen-bond acceptors (Lipinski definition) is 7. The van der Waals surface area contributed by atoms with Gasteiger partial charge < -0.3 is 25.4 Å². The minimum Gasteiger partial charge on any atom is -0.369 e. The first-order chi connectivity index (χ1) is 19.9. The lowest BCUT2D eigenvalue weighted by Crippen LogP contribution is -2.44. The van der Waals surface area contributed by atoms with E-state index in [2.05, 4.69) is 47.8 Å². The largest absolute Gasteiger partial charge is 0.369 e. The van der Waals surface area contributed by atoms with Gasteiger partial charge in [-0.1, -0.05) is 36.4 Å². The number of aromatic nitrogens is 2. The Morgan fingerprint density at radius 2 is 1.85 bits per heavy atom. The van der Waals surface area contributed by atoms with Gasteiger partial charge in [0.2, 0.25) is 5.96 Å². The summed E-state index contributed by atoms with van der Waals surface area (Å²) in [6, 6.07) is 19.5. The molecule has 1 saturated heterocycles. The minimum absolute atomic E-state index is 0.0275. The number of pyridine rings is 1. The number of piperazine rings is 1. The number of anilines is 2. The first-order valence-electron chi connectivity index (χ1n) is 13.7. The number of rotatable bonds is 6. The minimum atomic E-state index is -0.292. The van der Waals surface area contributed by atoms with Gasteiger partial charge in [-0.25, -0.2) is 9.98 Å². The van der Waals surface area contributed by atoms with E-state index in [4.69, 9.17) is 0 Å². The summed E-state index contributed by atoms with van der Waals surface area (Å²) in [4.78, 5) is 42.5. The Labute approximate surface area is 238 Å². The van der Waals surface area contributed by atoms with E-state index in [1.165, 1.54) is 0 Å².